The molecule has 0 aliphatic carbocycles. The van der Waals surface area contributed by atoms with Crippen LogP contribution in [-0.2, 0) is 4.84 Å². The van der Waals surface area contributed by atoms with Crippen molar-refractivity contribution in [3.63, 3.8) is 0 Å². The first-order valence-electron chi connectivity index (χ1n) is 5.55. The van der Waals surface area contributed by atoms with E-state index < -0.39 is 5.85 Å². The fourth-order valence-electron chi connectivity index (χ4n) is 1.74. The number of ketones is 1. The summed E-state index contributed by atoms with van der Waals surface area (Å²) in [7, 11) is 0. The van der Waals surface area contributed by atoms with Crippen LogP contribution in [0.25, 0.3) is 0 Å². The van der Waals surface area contributed by atoms with Crippen LogP contribution in [0.15, 0.2) is 48.4 Å². The number of benzene rings is 1. The smallest absolute Gasteiger partial charge is 0.301 e. The summed E-state index contributed by atoms with van der Waals surface area (Å²) in [4.78, 5) is 16.3. The van der Waals surface area contributed by atoms with E-state index in [0.29, 0.717) is 17.1 Å². The molecule has 5 nitrogen and oxygen atoms in total. The number of ether oxygens (including phenoxy) is 1. The maximum Gasteiger partial charge on any atom is 0.301 e. The molecule has 5 heteroatoms. The number of Topliss-reactive ketones (excluding diaryl/α,β-unsaturated/α-hetero) is 1. The maximum atomic E-state index is 11.1. The number of fused-ring (bicyclic) bond motifs is 1. The number of hydrogen-bond donors (Lipinski definition) is 1. The highest BCUT2D eigenvalue weighted by atomic mass is 16.9. The molecule has 0 bridgehead atoms. The highest BCUT2D eigenvalue weighted by Gasteiger charge is 2.56. The number of hydrogen-bond acceptors (Lipinski definition) is 5. The van der Waals surface area contributed by atoms with Crippen LogP contribution in [-0.4, -0.2) is 16.7 Å². The van der Waals surface area contributed by atoms with Gasteiger partial charge in [0.1, 0.15) is 5.75 Å². The number of carbonyl (C=O) groups is 1. The number of allylic oxidation sites excluding steroid dienone is 2. The van der Waals surface area contributed by atoms with Crippen molar-refractivity contribution >= 4 is 5.78 Å². The van der Waals surface area contributed by atoms with E-state index in [1.807, 2.05) is 0 Å². The highest BCUT2D eigenvalue weighted by molar-refractivity contribution is 5.94. The second-order valence-corrected chi connectivity index (χ2v) is 4.17. The molecule has 0 spiro atoms. The van der Waals surface area contributed by atoms with Gasteiger partial charge in [0.25, 0.3) is 0 Å². The number of hydroxylamine groups is 2. The second kappa shape index (κ2) is 3.69. The molecule has 18 heavy (non-hydrogen) atoms. The van der Waals surface area contributed by atoms with Crippen LogP contribution in [0.4, 0.5) is 0 Å². The van der Waals surface area contributed by atoms with Gasteiger partial charge in [0.2, 0.25) is 0 Å². The summed E-state index contributed by atoms with van der Waals surface area (Å²) in [6, 6.07) is 6.88. The van der Waals surface area contributed by atoms with Gasteiger partial charge in [-0.1, -0.05) is 0 Å². The lowest BCUT2D eigenvalue weighted by atomic mass is 10.1. The molecular weight excluding hydrogens is 232 g/mol. The molecule has 0 radical (unpaired) electrons. The van der Waals surface area contributed by atoms with Crippen molar-refractivity contribution in [2.75, 3.05) is 0 Å². The Kier molecular flexibility index (Phi) is 2.26. The van der Waals surface area contributed by atoms with E-state index in [9.17, 15) is 4.79 Å². The van der Waals surface area contributed by atoms with Crippen molar-refractivity contribution in [3.8, 4) is 5.75 Å². The van der Waals surface area contributed by atoms with Gasteiger partial charge in [-0.3, -0.25) is 10.5 Å². The summed E-state index contributed by atoms with van der Waals surface area (Å²) in [6.07, 6.45) is 5.27. The SMILES string of the molecule is CC(=O)c1ccc(OC2=CC=CN3OC23N)cc1. The van der Waals surface area contributed by atoms with Gasteiger partial charge < -0.3 is 4.74 Å². The molecule has 1 fully saturated rings. The van der Waals surface area contributed by atoms with E-state index in [-0.39, 0.29) is 5.78 Å². The van der Waals surface area contributed by atoms with E-state index in [1.54, 1.807) is 42.6 Å². The first-order chi connectivity index (χ1) is 8.59. The Morgan fingerprint density at radius 3 is 2.78 bits per heavy atom. The van der Waals surface area contributed by atoms with Crippen LogP contribution in [0.2, 0.25) is 0 Å². The zero-order valence-electron chi connectivity index (χ0n) is 9.79. The Hall–Kier alpha value is -2.11. The van der Waals surface area contributed by atoms with E-state index in [0.717, 1.165) is 0 Å². The molecule has 0 amide bonds. The van der Waals surface area contributed by atoms with Gasteiger partial charge in [-0.25, -0.2) is 9.90 Å². The van der Waals surface area contributed by atoms with Gasteiger partial charge in [-0.15, -0.1) is 0 Å². The average Bonchev–Trinajstić information content (AvgIpc) is 3.03. The molecule has 1 aromatic rings. The van der Waals surface area contributed by atoms with Crippen molar-refractivity contribution in [2.24, 2.45) is 5.73 Å². The van der Waals surface area contributed by atoms with Gasteiger partial charge in [0, 0.05) is 11.8 Å². The average molecular weight is 244 g/mol. The monoisotopic (exact) mass is 244 g/mol. The van der Waals surface area contributed by atoms with Crippen molar-refractivity contribution in [2.45, 2.75) is 12.8 Å². The molecule has 1 unspecified atom stereocenters. The summed E-state index contributed by atoms with van der Waals surface area (Å²) in [5, 5.41) is 1.51. The summed E-state index contributed by atoms with van der Waals surface area (Å²) in [5.74, 6) is 0.171. The molecule has 2 aliphatic heterocycles. The third-order valence-corrected chi connectivity index (χ3v) is 2.84. The van der Waals surface area contributed by atoms with Crippen molar-refractivity contribution in [1.29, 1.82) is 0 Å². The molecule has 1 atom stereocenters. The molecule has 0 saturated carbocycles. The minimum Gasteiger partial charge on any atom is -0.455 e. The number of nitrogens with two attached hydrogens (primary N) is 1. The zero-order chi connectivity index (χ0) is 12.8. The van der Waals surface area contributed by atoms with Crippen LogP contribution in [0.1, 0.15) is 17.3 Å². The summed E-state index contributed by atoms with van der Waals surface area (Å²) in [6.45, 7) is 1.52. The predicted octanol–water partition coefficient (Wildman–Crippen LogP) is 1.54. The first kappa shape index (κ1) is 11.0. The summed E-state index contributed by atoms with van der Waals surface area (Å²) in [5.41, 5.74) is 6.57. The number of nitrogens with zero attached hydrogens (tertiary/aromatic N) is 1. The van der Waals surface area contributed by atoms with Crippen molar-refractivity contribution < 1.29 is 14.4 Å². The minimum atomic E-state index is -0.978. The van der Waals surface area contributed by atoms with Gasteiger partial charge >= 0.3 is 5.85 Å². The number of rotatable bonds is 3. The molecule has 92 valence electrons. The third kappa shape index (κ3) is 1.70. The normalized spacial score (nSPS) is 24.3. The van der Waals surface area contributed by atoms with Crippen LogP contribution >= 0.6 is 0 Å². The van der Waals surface area contributed by atoms with Crippen LogP contribution in [0.3, 0.4) is 0 Å². The number of carbonyl (C=O) groups excluding carboxylic acids is 1. The highest BCUT2D eigenvalue weighted by Crippen LogP contribution is 2.39. The predicted molar refractivity (Wildman–Crippen MR) is 64.1 cm³/mol. The van der Waals surface area contributed by atoms with Gasteiger partial charge in [0.15, 0.2) is 11.5 Å². The Labute approximate surface area is 104 Å². The van der Waals surface area contributed by atoms with Gasteiger partial charge in [-0.2, -0.15) is 0 Å². The van der Waals surface area contributed by atoms with Crippen molar-refractivity contribution in [1.82, 2.24) is 5.06 Å². The molecule has 2 aliphatic rings. The first-order valence-corrected chi connectivity index (χ1v) is 5.55. The molecule has 2 N–H and O–H groups in total. The molecule has 3 rings (SSSR count). The Morgan fingerprint density at radius 1 is 1.39 bits per heavy atom. The standard InChI is InChI=1S/C13H12N2O3/c1-9(16)10-4-6-11(7-5-10)17-12-3-2-8-15-13(12,14)18-15/h2-8H,14H2,1H3. The van der Waals surface area contributed by atoms with Gasteiger partial charge in [0.05, 0.1) is 0 Å². The fourth-order valence-corrected chi connectivity index (χ4v) is 1.74. The summed E-state index contributed by atoms with van der Waals surface area (Å²) >= 11 is 0. The lowest BCUT2D eigenvalue weighted by Crippen LogP contribution is -2.34. The Balaban J connectivity index is 1.79. The third-order valence-electron chi connectivity index (χ3n) is 2.84. The molecule has 1 aromatic carbocycles. The van der Waals surface area contributed by atoms with E-state index in [1.165, 1.54) is 12.0 Å². The topological polar surface area (TPSA) is 67.9 Å². The molecule has 0 aromatic heterocycles. The largest absolute Gasteiger partial charge is 0.455 e. The lowest BCUT2D eigenvalue weighted by Gasteiger charge is -2.14. The zero-order valence-corrected chi connectivity index (χ0v) is 9.79. The second-order valence-electron chi connectivity index (χ2n) is 4.17. The van der Waals surface area contributed by atoms with Gasteiger partial charge in [-0.05, 0) is 43.3 Å². The van der Waals surface area contributed by atoms with Crippen LogP contribution < -0.4 is 10.5 Å². The maximum absolute atomic E-state index is 11.1. The van der Waals surface area contributed by atoms with E-state index >= 15 is 0 Å². The molecular formula is C13H12N2O3. The Morgan fingerprint density at radius 2 is 2.11 bits per heavy atom. The Bertz CT molecular complexity index is 562. The quantitative estimate of drug-likeness (QED) is 0.645. The fraction of sp³-hybridized carbons (Fsp3) is 0.154. The van der Waals surface area contributed by atoms with E-state index in [4.69, 9.17) is 15.3 Å². The van der Waals surface area contributed by atoms with Crippen LogP contribution in [0, 0.1) is 0 Å². The minimum absolute atomic E-state index is 0.0216. The molecule has 2 heterocycles. The van der Waals surface area contributed by atoms with E-state index in [2.05, 4.69) is 0 Å². The van der Waals surface area contributed by atoms with Crippen LogP contribution in [0.5, 0.6) is 5.75 Å². The summed E-state index contributed by atoms with van der Waals surface area (Å²) < 4.78 is 5.65. The lowest BCUT2D eigenvalue weighted by molar-refractivity contribution is 0.101. The molecule has 1 saturated heterocycles. The van der Waals surface area contributed by atoms with Crippen molar-refractivity contribution in [3.05, 3.63) is 53.9 Å².